The molecule has 1 aliphatic rings. The van der Waals surface area contributed by atoms with Crippen LogP contribution in [0.2, 0.25) is 5.02 Å². The van der Waals surface area contributed by atoms with E-state index in [2.05, 4.69) is 5.32 Å². The summed E-state index contributed by atoms with van der Waals surface area (Å²) in [5, 5.41) is 11.7. The molecule has 0 radical (unpaired) electrons. The van der Waals surface area contributed by atoms with Crippen molar-refractivity contribution < 1.29 is 18.7 Å². The summed E-state index contributed by atoms with van der Waals surface area (Å²) in [6, 6.07) is 2.18. The number of benzene rings is 1. The van der Waals surface area contributed by atoms with Crippen LogP contribution in [-0.2, 0) is 4.79 Å². The maximum Gasteiger partial charge on any atom is 0.255 e. The molecule has 1 unspecified atom stereocenters. The number of amides is 1. The number of nitrogens with zero attached hydrogens (tertiary/aromatic N) is 1. The zero-order chi connectivity index (χ0) is 14.9. The number of hydrogen-bond acceptors (Lipinski definition) is 4. The lowest BCUT2D eigenvalue weighted by atomic mass is 10.1. The highest BCUT2D eigenvalue weighted by atomic mass is 35.5. The van der Waals surface area contributed by atoms with Crippen LogP contribution >= 0.6 is 11.6 Å². The molecule has 0 saturated heterocycles. The molecule has 1 heterocycles. The molecule has 0 fully saturated rings. The average molecular weight is 306 g/mol. The van der Waals surface area contributed by atoms with Crippen molar-refractivity contribution in [3.8, 4) is 0 Å². The number of aliphatic hydroxyl groups excluding tert-OH is 1. The van der Waals surface area contributed by atoms with E-state index < -0.39 is 19.0 Å². The highest BCUT2D eigenvalue weighted by molar-refractivity contribution is 6.33. The van der Waals surface area contributed by atoms with Crippen molar-refractivity contribution in [2.45, 2.75) is 12.5 Å². The second-order valence-electron chi connectivity index (χ2n) is 4.42. The number of fused-ring (bicyclic) bond motifs is 1. The van der Waals surface area contributed by atoms with Crippen molar-refractivity contribution in [1.82, 2.24) is 0 Å². The van der Waals surface area contributed by atoms with Gasteiger partial charge in [-0.2, -0.15) is 0 Å². The molecule has 1 amide bonds. The fourth-order valence-corrected chi connectivity index (χ4v) is 2.43. The monoisotopic (exact) mass is 305 g/mol. The highest BCUT2D eigenvalue weighted by Gasteiger charge is 2.29. The summed E-state index contributed by atoms with van der Waals surface area (Å²) >= 11 is 6.07. The van der Waals surface area contributed by atoms with Crippen molar-refractivity contribution in [3.63, 3.8) is 0 Å². The predicted molar refractivity (Wildman–Crippen MR) is 72.3 cm³/mol. The molecule has 1 aromatic rings. The van der Waals surface area contributed by atoms with Gasteiger partial charge in [-0.05, 0) is 12.1 Å². The van der Waals surface area contributed by atoms with E-state index in [1.807, 2.05) is 0 Å². The van der Waals surface area contributed by atoms with E-state index in [9.17, 15) is 13.6 Å². The number of rotatable bonds is 5. The summed E-state index contributed by atoms with van der Waals surface area (Å²) < 4.78 is 25.1. The van der Waals surface area contributed by atoms with Gasteiger partial charge in [0.1, 0.15) is 6.04 Å². The van der Waals surface area contributed by atoms with Gasteiger partial charge < -0.3 is 21.1 Å². The van der Waals surface area contributed by atoms with Crippen molar-refractivity contribution >= 4 is 28.9 Å². The lowest BCUT2D eigenvalue weighted by Gasteiger charge is -2.25. The van der Waals surface area contributed by atoms with Crippen LogP contribution in [-0.4, -0.2) is 37.1 Å². The van der Waals surface area contributed by atoms with E-state index in [4.69, 9.17) is 22.4 Å². The van der Waals surface area contributed by atoms with E-state index in [0.29, 0.717) is 16.9 Å². The van der Waals surface area contributed by atoms with Crippen LogP contribution in [0.1, 0.15) is 11.6 Å². The first-order chi connectivity index (χ1) is 9.43. The molecule has 0 aliphatic carbocycles. The van der Waals surface area contributed by atoms with E-state index >= 15 is 0 Å². The van der Waals surface area contributed by atoms with Crippen molar-refractivity contribution in [2.75, 3.05) is 29.9 Å². The van der Waals surface area contributed by atoms with Crippen molar-refractivity contribution in [3.05, 3.63) is 22.7 Å². The van der Waals surface area contributed by atoms with Crippen LogP contribution < -0.4 is 16.0 Å². The molecule has 110 valence electrons. The lowest BCUT2D eigenvalue weighted by Crippen LogP contribution is -2.31. The molecule has 0 saturated carbocycles. The zero-order valence-corrected chi connectivity index (χ0v) is 11.2. The third-order valence-corrected chi connectivity index (χ3v) is 3.37. The number of aliphatic hydroxyl groups is 1. The lowest BCUT2D eigenvalue weighted by molar-refractivity contribution is -0.116. The number of halogens is 3. The Bertz CT molecular complexity index is 528. The maximum absolute atomic E-state index is 12.6. The molecule has 1 aromatic carbocycles. The normalized spacial score (nSPS) is 17.3. The molecular formula is C12H14ClF2N3O2. The van der Waals surface area contributed by atoms with Gasteiger partial charge in [0.15, 0.2) is 0 Å². The van der Waals surface area contributed by atoms with Gasteiger partial charge in [-0.15, -0.1) is 0 Å². The van der Waals surface area contributed by atoms with Crippen molar-refractivity contribution in [2.24, 2.45) is 5.73 Å². The Morgan fingerprint density at radius 3 is 2.80 bits per heavy atom. The molecule has 5 nitrogen and oxygen atoms in total. The molecule has 2 rings (SSSR count). The number of nitrogens with two attached hydrogens (primary N) is 1. The van der Waals surface area contributed by atoms with Gasteiger partial charge in [0.2, 0.25) is 5.91 Å². The van der Waals surface area contributed by atoms with Gasteiger partial charge in [0.25, 0.3) is 6.43 Å². The Balaban J connectivity index is 2.37. The first kappa shape index (κ1) is 15.0. The minimum atomic E-state index is -2.57. The first-order valence-corrected chi connectivity index (χ1v) is 6.35. The summed E-state index contributed by atoms with van der Waals surface area (Å²) in [6.07, 6.45) is -2.57. The largest absolute Gasteiger partial charge is 0.395 e. The van der Waals surface area contributed by atoms with Gasteiger partial charge in [-0.25, -0.2) is 8.78 Å². The quantitative estimate of drug-likeness (QED) is 0.767. The Morgan fingerprint density at radius 2 is 2.20 bits per heavy atom. The van der Waals surface area contributed by atoms with Gasteiger partial charge in [-0.3, -0.25) is 4.79 Å². The zero-order valence-electron chi connectivity index (χ0n) is 10.4. The Morgan fingerprint density at radius 1 is 1.50 bits per heavy atom. The molecule has 1 atom stereocenters. The smallest absolute Gasteiger partial charge is 0.255 e. The minimum Gasteiger partial charge on any atom is -0.395 e. The van der Waals surface area contributed by atoms with E-state index in [0.717, 1.165) is 0 Å². The highest BCUT2D eigenvalue weighted by Crippen LogP contribution is 2.38. The topological polar surface area (TPSA) is 78.6 Å². The number of nitrogens with one attached hydrogen (secondary N) is 1. The molecular weight excluding hydrogens is 292 g/mol. The maximum atomic E-state index is 12.6. The summed E-state index contributed by atoms with van der Waals surface area (Å²) in [6.45, 7) is -0.825. The molecule has 1 aliphatic heterocycles. The molecule has 0 spiro atoms. The summed E-state index contributed by atoms with van der Waals surface area (Å²) in [5.74, 6) is -0.365. The Kier molecular flexibility index (Phi) is 4.42. The van der Waals surface area contributed by atoms with E-state index in [1.54, 1.807) is 0 Å². The second-order valence-corrected chi connectivity index (χ2v) is 4.83. The number of carbonyl (C=O) groups is 1. The van der Waals surface area contributed by atoms with E-state index in [-0.39, 0.29) is 24.1 Å². The molecule has 0 aromatic heterocycles. The third kappa shape index (κ3) is 2.84. The predicted octanol–water partition coefficient (Wildman–Crippen LogP) is 1.36. The van der Waals surface area contributed by atoms with Crippen LogP contribution in [0, 0.1) is 0 Å². The second kappa shape index (κ2) is 5.90. The summed E-state index contributed by atoms with van der Waals surface area (Å²) in [4.78, 5) is 12.7. The minimum absolute atomic E-state index is 0.0167. The van der Waals surface area contributed by atoms with Gasteiger partial charge in [0, 0.05) is 17.8 Å². The summed E-state index contributed by atoms with van der Waals surface area (Å²) in [5.41, 5.74) is 7.00. The van der Waals surface area contributed by atoms with Crippen LogP contribution in [0.15, 0.2) is 12.1 Å². The first-order valence-electron chi connectivity index (χ1n) is 5.98. The summed E-state index contributed by atoms with van der Waals surface area (Å²) in [7, 11) is 0. The SMILES string of the molecule is NC1C(=O)Nc2cc(N(CCO)CC(F)F)c(Cl)cc21. The van der Waals surface area contributed by atoms with E-state index in [1.165, 1.54) is 17.0 Å². The van der Waals surface area contributed by atoms with Crippen LogP contribution in [0.25, 0.3) is 0 Å². The molecule has 8 heteroatoms. The van der Waals surface area contributed by atoms with Gasteiger partial charge in [0.05, 0.1) is 23.9 Å². The number of alkyl halides is 2. The number of hydrogen-bond donors (Lipinski definition) is 3. The van der Waals surface area contributed by atoms with Crippen LogP contribution in [0.5, 0.6) is 0 Å². The molecule has 4 N–H and O–H groups in total. The Hall–Kier alpha value is -1.44. The number of anilines is 2. The fourth-order valence-electron chi connectivity index (χ4n) is 2.13. The molecule has 20 heavy (non-hydrogen) atoms. The van der Waals surface area contributed by atoms with Crippen LogP contribution in [0.4, 0.5) is 20.2 Å². The van der Waals surface area contributed by atoms with Crippen LogP contribution in [0.3, 0.4) is 0 Å². The number of carbonyl (C=O) groups excluding carboxylic acids is 1. The average Bonchev–Trinajstić information content (AvgIpc) is 2.64. The molecule has 0 bridgehead atoms. The van der Waals surface area contributed by atoms with Crippen molar-refractivity contribution in [1.29, 1.82) is 0 Å². The third-order valence-electron chi connectivity index (χ3n) is 3.06. The van der Waals surface area contributed by atoms with Gasteiger partial charge >= 0.3 is 0 Å². The van der Waals surface area contributed by atoms with Gasteiger partial charge in [-0.1, -0.05) is 11.6 Å². The standard InChI is InChI=1S/C12H14ClF2N3O2/c13-7-3-6-8(17-12(20)11(6)16)4-9(7)18(1-2-19)5-10(14)15/h3-4,10-11,19H,1-2,5,16H2,(H,17,20). The fraction of sp³-hybridized carbons (Fsp3) is 0.417. The Labute approximate surface area is 119 Å².